The molecule has 0 aliphatic rings. The van der Waals surface area contributed by atoms with Crippen LogP contribution in [-0.2, 0) is 0 Å². The molecule has 0 bridgehead atoms. The molecule has 0 aliphatic heterocycles. The van der Waals surface area contributed by atoms with Crippen molar-refractivity contribution in [2.45, 2.75) is 13.0 Å². The van der Waals surface area contributed by atoms with E-state index in [0.29, 0.717) is 11.0 Å². The molecule has 0 spiro atoms. The summed E-state index contributed by atoms with van der Waals surface area (Å²) in [4.78, 5) is 0. The van der Waals surface area contributed by atoms with Crippen LogP contribution in [-0.4, -0.2) is 6.54 Å². The van der Waals surface area contributed by atoms with Crippen LogP contribution in [0.25, 0.3) is 0 Å². The van der Waals surface area contributed by atoms with Gasteiger partial charge in [-0.3, -0.25) is 0 Å². The lowest BCUT2D eigenvalue weighted by molar-refractivity contribution is 0.521. The summed E-state index contributed by atoms with van der Waals surface area (Å²) in [6.07, 6.45) is 0. The number of benzene rings is 2. The lowest BCUT2D eigenvalue weighted by atomic mass is 9.97. The normalized spacial score (nSPS) is 12.5. The molecule has 2 aromatic carbocycles. The summed E-state index contributed by atoms with van der Waals surface area (Å²) in [6, 6.07) is 5.76. The van der Waals surface area contributed by atoms with Gasteiger partial charge in [0.25, 0.3) is 0 Å². The lowest BCUT2D eigenvalue weighted by Gasteiger charge is -2.21. The molecule has 6 heteroatoms. The molecule has 2 rings (SSSR count). The van der Waals surface area contributed by atoms with Crippen LogP contribution in [0.2, 0.25) is 0 Å². The summed E-state index contributed by atoms with van der Waals surface area (Å²) < 4.78 is 42.6. The first-order valence-electron chi connectivity index (χ1n) is 6.26. The van der Waals surface area contributed by atoms with E-state index in [4.69, 9.17) is 0 Å². The van der Waals surface area contributed by atoms with Crippen molar-refractivity contribution in [3.05, 3.63) is 67.9 Å². The molecular weight excluding hydrogens is 411 g/mol. The summed E-state index contributed by atoms with van der Waals surface area (Å²) in [7, 11) is 0. The molecule has 1 unspecified atom stereocenters. The van der Waals surface area contributed by atoms with Gasteiger partial charge in [0.05, 0.1) is 10.5 Å². The van der Waals surface area contributed by atoms with Gasteiger partial charge in [0.1, 0.15) is 17.5 Å². The minimum Gasteiger partial charge on any atom is -0.306 e. The fraction of sp³-hybridized carbons (Fsp3) is 0.200. The molecule has 0 amide bonds. The third kappa shape index (κ3) is 3.67. The Kier molecular flexibility index (Phi) is 5.46. The Morgan fingerprint density at radius 2 is 1.62 bits per heavy atom. The number of hydrogen-bond donors (Lipinski definition) is 1. The smallest absolute Gasteiger partial charge is 0.137 e. The van der Waals surface area contributed by atoms with Gasteiger partial charge in [0.15, 0.2) is 0 Å². The SMILES string of the molecule is CCNC(c1cc(Br)ccc1F)c1cc(F)c(Br)cc1F. The topological polar surface area (TPSA) is 12.0 Å². The largest absolute Gasteiger partial charge is 0.306 e. The molecule has 112 valence electrons. The fourth-order valence-electron chi connectivity index (χ4n) is 2.09. The van der Waals surface area contributed by atoms with Crippen molar-refractivity contribution >= 4 is 31.9 Å². The van der Waals surface area contributed by atoms with Crippen LogP contribution in [0.15, 0.2) is 39.3 Å². The number of rotatable bonds is 4. The van der Waals surface area contributed by atoms with Crippen LogP contribution in [0.5, 0.6) is 0 Å². The summed E-state index contributed by atoms with van der Waals surface area (Å²) in [5, 5.41) is 2.99. The van der Waals surface area contributed by atoms with E-state index in [1.54, 1.807) is 12.1 Å². The Hall–Kier alpha value is -0.850. The van der Waals surface area contributed by atoms with Crippen molar-refractivity contribution in [3.63, 3.8) is 0 Å². The van der Waals surface area contributed by atoms with Crippen LogP contribution < -0.4 is 5.32 Å². The van der Waals surface area contributed by atoms with E-state index >= 15 is 0 Å². The van der Waals surface area contributed by atoms with Crippen molar-refractivity contribution in [3.8, 4) is 0 Å². The highest BCUT2D eigenvalue weighted by atomic mass is 79.9. The summed E-state index contributed by atoms with van der Waals surface area (Å²) in [5.74, 6) is -1.68. The van der Waals surface area contributed by atoms with Gasteiger partial charge in [0, 0.05) is 15.6 Å². The molecular formula is C15H12Br2F3N. The van der Waals surface area contributed by atoms with Gasteiger partial charge in [-0.15, -0.1) is 0 Å². The third-order valence-electron chi connectivity index (χ3n) is 3.03. The van der Waals surface area contributed by atoms with E-state index in [1.165, 1.54) is 6.07 Å². The van der Waals surface area contributed by atoms with Crippen LogP contribution in [0.3, 0.4) is 0 Å². The minimum absolute atomic E-state index is 0.0358. The van der Waals surface area contributed by atoms with Crippen LogP contribution in [0.4, 0.5) is 13.2 Å². The first-order valence-corrected chi connectivity index (χ1v) is 7.85. The second-order valence-electron chi connectivity index (χ2n) is 4.44. The molecule has 0 fully saturated rings. The molecule has 0 saturated carbocycles. The zero-order chi connectivity index (χ0) is 15.6. The van der Waals surface area contributed by atoms with Gasteiger partial charge in [-0.2, -0.15) is 0 Å². The highest BCUT2D eigenvalue weighted by molar-refractivity contribution is 9.10. The van der Waals surface area contributed by atoms with Crippen molar-refractivity contribution in [2.24, 2.45) is 0 Å². The van der Waals surface area contributed by atoms with Crippen LogP contribution in [0, 0.1) is 17.5 Å². The Morgan fingerprint density at radius 1 is 0.952 bits per heavy atom. The zero-order valence-corrected chi connectivity index (χ0v) is 14.2. The van der Waals surface area contributed by atoms with Gasteiger partial charge in [0.2, 0.25) is 0 Å². The van der Waals surface area contributed by atoms with E-state index in [1.807, 2.05) is 6.92 Å². The Morgan fingerprint density at radius 3 is 2.29 bits per heavy atom. The maximum Gasteiger partial charge on any atom is 0.137 e. The monoisotopic (exact) mass is 421 g/mol. The molecule has 1 atom stereocenters. The maximum atomic E-state index is 14.2. The van der Waals surface area contributed by atoms with Crippen molar-refractivity contribution < 1.29 is 13.2 Å². The first-order chi connectivity index (χ1) is 9.93. The number of halogens is 5. The Bertz CT molecular complexity index is 662. The van der Waals surface area contributed by atoms with Gasteiger partial charge >= 0.3 is 0 Å². The molecule has 0 aromatic heterocycles. The third-order valence-corrected chi connectivity index (χ3v) is 4.13. The van der Waals surface area contributed by atoms with Crippen molar-refractivity contribution in [2.75, 3.05) is 6.54 Å². The molecule has 0 saturated heterocycles. The van der Waals surface area contributed by atoms with Gasteiger partial charge in [-0.25, -0.2) is 13.2 Å². The molecule has 2 aromatic rings. The van der Waals surface area contributed by atoms with E-state index in [0.717, 1.165) is 12.1 Å². The summed E-state index contributed by atoms with van der Waals surface area (Å²) in [5.41, 5.74) is 0.321. The van der Waals surface area contributed by atoms with Gasteiger partial charge < -0.3 is 5.32 Å². The minimum atomic E-state index is -0.768. The molecule has 0 aliphatic carbocycles. The number of nitrogens with one attached hydrogen (secondary N) is 1. The zero-order valence-electron chi connectivity index (χ0n) is 11.1. The maximum absolute atomic E-state index is 14.2. The predicted octanol–water partition coefficient (Wildman–Crippen LogP) is 5.33. The molecule has 0 heterocycles. The highest BCUT2D eigenvalue weighted by Crippen LogP contribution is 2.31. The second kappa shape index (κ2) is 6.94. The van der Waals surface area contributed by atoms with Crippen LogP contribution >= 0.6 is 31.9 Å². The second-order valence-corrected chi connectivity index (χ2v) is 6.21. The summed E-state index contributed by atoms with van der Waals surface area (Å²) >= 11 is 6.20. The predicted molar refractivity (Wildman–Crippen MR) is 83.7 cm³/mol. The van der Waals surface area contributed by atoms with Crippen molar-refractivity contribution in [1.82, 2.24) is 5.32 Å². The molecule has 0 radical (unpaired) electrons. The standard InChI is InChI=1S/C15H12Br2F3N/c1-2-21-15(9-5-8(16)3-4-12(9)18)10-6-14(20)11(17)7-13(10)19/h3-7,15,21H,2H2,1H3. The van der Waals surface area contributed by atoms with Crippen LogP contribution in [0.1, 0.15) is 24.1 Å². The van der Waals surface area contributed by atoms with Crippen molar-refractivity contribution in [1.29, 1.82) is 0 Å². The van der Waals surface area contributed by atoms with Gasteiger partial charge in [-0.1, -0.05) is 22.9 Å². The lowest BCUT2D eigenvalue weighted by Crippen LogP contribution is -2.24. The molecule has 1 nitrogen and oxygen atoms in total. The average Bonchev–Trinajstić information content (AvgIpc) is 2.43. The van der Waals surface area contributed by atoms with E-state index in [2.05, 4.69) is 37.2 Å². The van der Waals surface area contributed by atoms with E-state index in [9.17, 15) is 13.2 Å². The average molecular weight is 423 g/mol. The Labute approximate surface area is 137 Å². The Balaban J connectivity index is 2.58. The molecule has 1 N–H and O–H groups in total. The fourth-order valence-corrected chi connectivity index (χ4v) is 2.78. The van der Waals surface area contributed by atoms with Gasteiger partial charge in [-0.05, 0) is 52.8 Å². The highest BCUT2D eigenvalue weighted by Gasteiger charge is 2.22. The summed E-state index contributed by atoms with van der Waals surface area (Å²) in [6.45, 7) is 2.30. The van der Waals surface area contributed by atoms with E-state index in [-0.39, 0.29) is 15.6 Å². The quantitative estimate of drug-likeness (QED) is 0.656. The first kappa shape index (κ1) is 16.5. The molecule has 21 heavy (non-hydrogen) atoms. The number of hydrogen-bond acceptors (Lipinski definition) is 1. The van der Waals surface area contributed by atoms with E-state index < -0.39 is 23.5 Å².